The topological polar surface area (TPSA) is 103 Å². The molecule has 0 fully saturated rings. The van der Waals surface area contributed by atoms with Gasteiger partial charge in [-0.2, -0.15) is 4.98 Å². The molecule has 0 aliphatic carbocycles. The van der Waals surface area contributed by atoms with Crippen molar-refractivity contribution in [2.45, 2.75) is 26.2 Å². The highest BCUT2D eigenvalue weighted by Crippen LogP contribution is 2.25. The predicted molar refractivity (Wildman–Crippen MR) is 99.6 cm³/mol. The quantitative estimate of drug-likeness (QED) is 0.594. The summed E-state index contributed by atoms with van der Waals surface area (Å²) in [7, 11) is 0. The number of anilines is 2. The number of nitrogen functional groups attached to an aromatic ring is 2. The molecule has 0 saturated carbocycles. The summed E-state index contributed by atoms with van der Waals surface area (Å²) >= 11 is 0. The van der Waals surface area contributed by atoms with Gasteiger partial charge in [0.25, 0.3) is 0 Å². The first-order valence-corrected chi connectivity index (χ1v) is 7.78. The number of H-pyrrole nitrogens is 1. The summed E-state index contributed by atoms with van der Waals surface area (Å²) in [6.07, 6.45) is 4.58. The average molecular weight is 348 g/mol. The van der Waals surface area contributed by atoms with Crippen molar-refractivity contribution >= 4 is 35.1 Å². The van der Waals surface area contributed by atoms with Gasteiger partial charge in [0.05, 0.1) is 12.3 Å². The molecule has 0 unspecified atom stereocenters. The molecule has 2 heterocycles. The maximum atomic E-state index is 5.89. The highest BCUT2D eigenvalue weighted by atomic mass is 35.5. The highest BCUT2D eigenvalue weighted by molar-refractivity contribution is 5.85. The van der Waals surface area contributed by atoms with Gasteiger partial charge in [0.15, 0.2) is 11.6 Å². The Labute approximate surface area is 147 Å². The fourth-order valence-corrected chi connectivity index (χ4v) is 2.71. The van der Waals surface area contributed by atoms with Crippen LogP contribution in [0.5, 0.6) is 5.75 Å². The van der Waals surface area contributed by atoms with Crippen LogP contribution in [0.2, 0.25) is 0 Å². The van der Waals surface area contributed by atoms with E-state index in [0.29, 0.717) is 24.6 Å². The minimum atomic E-state index is 0. The molecule has 0 aliphatic rings. The third-order valence-corrected chi connectivity index (χ3v) is 3.83. The molecule has 0 bridgehead atoms. The minimum absolute atomic E-state index is 0. The molecule has 3 aromatic rings. The van der Waals surface area contributed by atoms with E-state index >= 15 is 0 Å². The van der Waals surface area contributed by atoms with E-state index in [1.807, 2.05) is 13.0 Å². The second-order valence-corrected chi connectivity index (χ2v) is 5.41. The molecule has 5 N–H and O–H groups in total. The van der Waals surface area contributed by atoms with Crippen LogP contribution in [0.3, 0.4) is 0 Å². The third-order valence-electron chi connectivity index (χ3n) is 3.83. The van der Waals surface area contributed by atoms with E-state index in [1.54, 1.807) is 0 Å². The lowest BCUT2D eigenvalue weighted by Crippen LogP contribution is -2.09. The van der Waals surface area contributed by atoms with E-state index in [4.69, 9.17) is 16.2 Å². The van der Waals surface area contributed by atoms with Crippen LogP contribution in [0.4, 0.5) is 11.8 Å². The number of aromatic amines is 1. The number of halogens is 1. The number of hydrogen-bond acceptors (Lipinski definition) is 5. The van der Waals surface area contributed by atoms with Gasteiger partial charge in [-0.15, -0.1) is 12.4 Å². The zero-order valence-corrected chi connectivity index (χ0v) is 14.4. The summed E-state index contributed by atoms with van der Waals surface area (Å²) < 4.78 is 5.81. The molecule has 128 valence electrons. The number of rotatable bonds is 6. The summed E-state index contributed by atoms with van der Waals surface area (Å²) in [5, 5.41) is 1.26. The third kappa shape index (κ3) is 3.71. The van der Waals surface area contributed by atoms with Crippen LogP contribution in [-0.4, -0.2) is 21.6 Å². The van der Waals surface area contributed by atoms with Gasteiger partial charge >= 0.3 is 0 Å². The van der Waals surface area contributed by atoms with Crippen LogP contribution in [0.1, 0.15) is 24.6 Å². The Hall–Kier alpha value is -2.47. The summed E-state index contributed by atoms with van der Waals surface area (Å²) in [6.45, 7) is 2.55. The van der Waals surface area contributed by atoms with Crippen LogP contribution in [-0.2, 0) is 12.8 Å². The van der Waals surface area contributed by atoms with Crippen molar-refractivity contribution in [2.75, 3.05) is 18.1 Å². The van der Waals surface area contributed by atoms with Gasteiger partial charge in [0.2, 0.25) is 5.95 Å². The highest BCUT2D eigenvalue weighted by Gasteiger charge is 2.11. The minimum Gasteiger partial charge on any atom is -0.488 e. The van der Waals surface area contributed by atoms with Gasteiger partial charge in [-0.05, 0) is 30.9 Å². The molecule has 0 radical (unpaired) electrons. The Balaban J connectivity index is 0.00000208. The molecule has 0 spiro atoms. The molecule has 3 rings (SSSR count). The monoisotopic (exact) mass is 347 g/mol. The first-order chi connectivity index (χ1) is 11.2. The number of nitrogens with one attached hydrogen (secondary N) is 1. The lowest BCUT2D eigenvalue weighted by molar-refractivity contribution is 0.307. The van der Waals surface area contributed by atoms with E-state index in [0.717, 1.165) is 24.1 Å². The largest absolute Gasteiger partial charge is 0.488 e. The summed E-state index contributed by atoms with van der Waals surface area (Å²) in [6, 6.07) is 8.29. The van der Waals surface area contributed by atoms with Gasteiger partial charge in [0, 0.05) is 17.1 Å². The first kappa shape index (κ1) is 17.9. The molecule has 6 nitrogen and oxygen atoms in total. The van der Waals surface area contributed by atoms with Crippen molar-refractivity contribution in [3.05, 3.63) is 41.7 Å². The molecule has 2 aromatic heterocycles. The van der Waals surface area contributed by atoms with Gasteiger partial charge in [-0.25, -0.2) is 4.98 Å². The average Bonchev–Trinajstić information content (AvgIpc) is 2.96. The van der Waals surface area contributed by atoms with E-state index in [2.05, 4.69) is 39.3 Å². The molecular weight excluding hydrogens is 326 g/mol. The SMILES string of the molecule is CCc1nc(N)nc(N)c1OCCCc1c[nH]c2ccccc12.Cl. The Bertz CT molecular complexity index is 818. The van der Waals surface area contributed by atoms with Gasteiger partial charge in [-0.3, -0.25) is 0 Å². The lowest BCUT2D eigenvalue weighted by atomic mass is 10.1. The number of hydrogen-bond donors (Lipinski definition) is 3. The van der Waals surface area contributed by atoms with Crippen molar-refractivity contribution in [3.63, 3.8) is 0 Å². The molecule has 1 aromatic carbocycles. The van der Waals surface area contributed by atoms with E-state index < -0.39 is 0 Å². The van der Waals surface area contributed by atoms with Crippen LogP contribution in [0.15, 0.2) is 30.5 Å². The standard InChI is InChI=1S/C17H21N5O.ClH/c1-2-13-15(16(18)22-17(19)21-13)23-9-5-6-11-10-20-14-8-4-3-7-12(11)14;/h3-4,7-8,10,20H,2,5-6,9H2,1H3,(H4,18,19,21,22);1H. The van der Waals surface area contributed by atoms with Gasteiger partial charge in [-0.1, -0.05) is 25.1 Å². The van der Waals surface area contributed by atoms with Crippen molar-refractivity contribution in [1.82, 2.24) is 15.0 Å². The van der Waals surface area contributed by atoms with Crippen LogP contribution < -0.4 is 16.2 Å². The second kappa shape index (κ2) is 7.88. The number of benzene rings is 1. The number of aryl methyl sites for hydroxylation is 2. The zero-order chi connectivity index (χ0) is 16.2. The Morgan fingerprint density at radius 1 is 1.17 bits per heavy atom. The lowest BCUT2D eigenvalue weighted by Gasteiger charge is -2.12. The van der Waals surface area contributed by atoms with Crippen molar-refractivity contribution in [1.29, 1.82) is 0 Å². The smallest absolute Gasteiger partial charge is 0.222 e. The zero-order valence-electron chi connectivity index (χ0n) is 13.6. The summed E-state index contributed by atoms with van der Waals surface area (Å²) in [4.78, 5) is 11.4. The second-order valence-electron chi connectivity index (χ2n) is 5.41. The number of nitrogens with two attached hydrogens (primary N) is 2. The molecule has 0 aliphatic heterocycles. The van der Waals surface area contributed by atoms with Gasteiger partial charge in [0.1, 0.15) is 0 Å². The molecule has 0 amide bonds. The summed E-state index contributed by atoms with van der Waals surface area (Å²) in [5.41, 5.74) is 14.7. The van der Waals surface area contributed by atoms with Crippen LogP contribution in [0.25, 0.3) is 10.9 Å². The van der Waals surface area contributed by atoms with Crippen LogP contribution >= 0.6 is 12.4 Å². The Kier molecular flexibility index (Phi) is 5.87. The van der Waals surface area contributed by atoms with Gasteiger partial charge < -0.3 is 21.2 Å². The van der Waals surface area contributed by atoms with E-state index in [1.165, 1.54) is 10.9 Å². The number of para-hydroxylation sites is 1. The van der Waals surface area contributed by atoms with Crippen molar-refractivity contribution in [3.8, 4) is 5.75 Å². The first-order valence-electron chi connectivity index (χ1n) is 7.78. The molecule has 7 heteroatoms. The predicted octanol–water partition coefficient (Wildman–Crippen LogP) is 3.12. The van der Waals surface area contributed by atoms with Crippen molar-refractivity contribution in [2.24, 2.45) is 0 Å². The van der Waals surface area contributed by atoms with Crippen molar-refractivity contribution < 1.29 is 4.74 Å². The van der Waals surface area contributed by atoms with E-state index in [9.17, 15) is 0 Å². The molecule has 0 saturated heterocycles. The maximum Gasteiger partial charge on any atom is 0.222 e. The fraction of sp³-hybridized carbons (Fsp3) is 0.294. The number of nitrogens with zero attached hydrogens (tertiary/aromatic N) is 2. The van der Waals surface area contributed by atoms with Crippen LogP contribution in [0, 0.1) is 0 Å². The Morgan fingerprint density at radius 2 is 1.96 bits per heavy atom. The fourth-order valence-electron chi connectivity index (χ4n) is 2.71. The molecule has 0 atom stereocenters. The number of fused-ring (bicyclic) bond motifs is 1. The number of ether oxygens (including phenoxy) is 1. The molecule has 24 heavy (non-hydrogen) atoms. The van der Waals surface area contributed by atoms with E-state index in [-0.39, 0.29) is 18.4 Å². The summed E-state index contributed by atoms with van der Waals surface area (Å²) in [5.74, 6) is 1.05. The maximum absolute atomic E-state index is 5.89. The normalized spacial score (nSPS) is 10.5. The molecular formula is C17H22ClN5O. The Morgan fingerprint density at radius 3 is 2.75 bits per heavy atom. The number of aromatic nitrogens is 3.